The van der Waals surface area contributed by atoms with E-state index in [0.717, 1.165) is 5.69 Å². The van der Waals surface area contributed by atoms with Crippen molar-refractivity contribution in [1.29, 1.82) is 0 Å². The van der Waals surface area contributed by atoms with E-state index in [2.05, 4.69) is 29.1 Å². The topological polar surface area (TPSA) is 12.4 Å². The first-order valence-corrected chi connectivity index (χ1v) is 4.91. The zero-order chi connectivity index (χ0) is 9.10. The van der Waals surface area contributed by atoms with Gasteiger partial charge in [-0.25, -0.2) is 0 Å². The molecule has 0 aliphatic heterocycles. The van der Waals surface area contributed by atoms with Crippen molar-refractivity contribution < 1.29 is 0 Å². The Morgan fingerprint density at radius 3 is 3.00 bits per heavy atom. The third kappa shape index (κ3) is 1.53. The smallest absolute Gasteiger partial charge is 0.0815 e. The lowest BCUT2D eigenvalue weighted by atomic mass is 10.2. The standard InChI is InChI=1S/C11H9NS/c1-2-7-12-10-8-13-11-6-4-3-5-9(10)11/h2-8H,1H2. The van der Waals surface area contributed by atoms with Crippen LogP contribution in [-0.4, -0.2) is 6.21 Å². The summed E-state index contributed by atoms with van der Waals surface area (Å²) in [7, 11) is 0. The molecule has 0 fully saturated rings. The van der Waals surface area contributed by atoms with Crippen LogP contribution in [0.5, 0.6) is 0 Å². The van der Waals surface area contributed by atoms with Gasteiger partial charge in [0.2, 0.25) is 0 Å². The summed E-state index contributed by atoms with van der Waals surface area (Å²) in [5.74, 6) is 0. The summed E-state index contributed by atoms with van der Waals surface area (Å²) in [6, 6.07) is 8.26. The molecule has 0 spiro atoms. The highest BCUT2D eigenvalue weighted by molar-refractivity contribution is 7.17. The van der Waals surface area contributed by atoms with Crippen molar-refractivity contribution in [1.82, 2.24) is 0 Å². The summed E-state index contributed by atoms with van der Waals surface area (Å²) in [6.07, 6.45) is 3.40. The maximum absolute atomic E-state index is 4.28. The Balaban J connectivity index is 2.57. The average molecular weight is 187 g/mol. The molecule has 0 aliphatic carbocycles. The first kappa shape index (κ1) is 8.20. The fraction of sp³-hybridized carbons (Fsp3) is 0. The van der Waals surface area contributed by atoms with Crippen molar-refractivity contribution in [2.75, 3.05) is 0 Å². The molecule has 1 nitrogen and oxygen atoms in total. The molecule has 0 atom stereocenters. The lowest BCUT2D eigenvalue weighted by molar-refractivity contribution is 1.64. The Labute approximate surface area is 81.1 Å². The molecule has 1 aromatic heterocycles. The van der Waals surface area contributed by atoms with Crippen LogP contribution in [-0.2, 0) is 0 Å². The number of rotatable bonds is 2. The van der Waals surface area contributed by atoms with Crippen molar-refractivity contribution in [3.05, 3.63) is 42.3 Å². The Morgan fingerprint density at radius 1 is 1.31 bits per heavy atom. The Bertz CT molecular complexity index is 454. The number of nitrogens with zero attached hydrogens (tertiary/aromatic N) is 1. The number of hydrogen-bond acceptors (Lipinski definition) is 2. The molecular weight excluding hydrogens is 178 g/mol. The number of fused-ring (bicyclic) bond motifs is 1. The van der Waals surface area contributed by atoms with Gasteiger partial charge in [0.1, 0.15) is 0 Å². The first-order chi connectivity index (χ1) is 6.42. The second-order valence-electron chi connectivity index (χ2n) is 2.63. The Kier molecular flexibility index (Phi) is 2.23. The highest BCUT2D eigenvalue weighted by Gasteiger charge is 1.99. The molecule has 0 amide bonds. The zero-order valence-corrected chi connectivity index (χ0v) is 7.92. The van der Waals surface area contributed by atoms with Crippen LogP contribution in [0.1, 0.15) is 0 Å². The van der Waals surface area contributed by atoms with E-state index in [1.807, 2.05) is 12.1 Å². The highest BCUT2D eigenvalue weighted by Crippen LogP contribution is 2.31. The van der Waals surface area contributed by atoms with Crippen molar-refractivity contribution in [2.45, 2.75) is 0 Å². The predicted molar refractivity (Wildman–Crippen MR) is 60.2 cm³/mol. The SMILES string of the molecule is C=CC=Nc1csc2ccccc12. The van der Waals surface area contributed by atoms with E-state index in [0.29, 0.717) is 0 Å². The van der Waals surface area contributed by atoms with Crippen molar-refractivity contribution in [2.24, 2.45) is 4.99 Å². The second kappa shape index (κ2) is 3.54. The van der Waals surface area contributed by atoms with Crippen LogP contribution >= 0.6 is 11.3 Å². The summed E-state index contributed by atoms with van der Waals surface area (Å²) in [5.41, 5.74) is 1.03. The second-order valence-corrected chi connectivity index (χ2v) is 3.54. The molecule has 2 rings (SSSR count). The van der Waals surface area contributed by atoms with Gasteiger partial charge in [-0.2, -0.15) is 0 Å². The van der Waals surface area contributed by atoms with Gasteiger partial charge in [-0.1, -0.05) is 30.9 Å². The molecule has 0 radical (unpaired) electrons. The van der Waals surface area contributed by atoms with E-state index in [1.165, 1.54) is 10.1 Å². The molecule has 2 heteroatoms. The zero-order valence-electron chi connectivity index (χ0n) is 7.10. The van der Waals surface area contributed by atoms with Gasteiger partial charge in [-0.15, -0.1) is 11.3 Å². The van der Waals surface area contributed by atoms with Crippen LogP contribution in [0.2, 0.25) is 0 Å². The van der Waals surface area contributed by atoms with E-state index >= 15 is 0 Å². The minimum Gasteiger partial charge on any atom is -0.255 e. The van der Waals surface area contributed by atoms with Gasteiger partial charge in [0, 0.05) is 21.7 Å². The van der Waals surface area contributed by atoms with E-state index in [-0.39, 0.29) is 0 Å². The number of aliphatic imine (C=N–C) groups is 1. The lowest BCUT2D eigenvalue weighted by Crippen LogP contribution is -1.63. The molecule has 0 saturated heterocycles. The third-order valence-electron chi connectivity index (χ3n) is 1.78. The highest BCUT2D eigenvalue weighted by atomic mass is 32.1. The van der Waals surface area contributed by atoms with Gasteiger partial charge < -0.3 is 0 Å². The first-order valence-electron chi connectivity index (χ1n) is 4.03. The monoisotopic (exact) mass is 187 g/mol. The number of hydrogen-bond donors (Lipinski definition) is 0. The fourth-order valence-electron chi connectivity index (χ4n) is 1.20. The van der Waals surface area contributed by atoms with Crippen LogP contribution in [0.4, 0.5) is 5.69 Å². The molecule has 1 aromatic carbocycles. The Hall–Kier alpha value is -1.41. The molecule has 0 bridgehead atoms. The molecule has 1 heterocycles. The number of allylic oxidation sites excluding steroid dienone is 1. The maximum atomic E-state index is 4.28. The minimum atomic E-state index is 1.03. The quantitative estimate of drug-likeness (QED) is 0.634. The molecule has 0 saturated carbocycles. The molecule has 64 valence electrons. The molecule has 2 aromatic rings. The molecule has 0 N–H and O–H groups in total. The molecule has 13 heavy (non-hydrogen) atoms. The average Bonchev–Trinajstić information content (AvgIpc) is 2.58. The molecule has 0 unspecified atom stereocenters. The van der Waals surface area contributed by atoms with Crippen molar-refractivity contribution in [3.63, 3.8) is 0 Å². The summed E-state index contributed by atoms with van der Waals surface area (Å²) in [5, 5.41) is 3.27. The van der Waals surface area contributed by atoms with Gasteiger partial charge in [0.15, 0.2) is 0 Å². The molecule has 0 aliphatic rings. The van der Waals surface area contributed by atoms with E-state index < -0.39 is 0 Å². The van der Waals surface area contributed by atoms with Crippen molar-refractivity contribution in [3.8, 4) is 0 Å². The lowest BCUT2D eigenvalue weighted by Gasteiger charge is -1.88. The predicted octanol–water partition coefficient (Wildman–Crippen LogP) is 3.79. The normalized spacial score (nSPS) is 11.1. The van der Waals surface area contributed by atoms with Gasteiger partial charge in [0.05, 0.1) is 5.69 Å². The van der Waals surface area contributed by atoms with Gasteiger partial charge in [-0.3, -0.25) is 4.99 Å². The number of thiophene rings is 1. The maximum Gasteiger partial charge on any atom is 0.0815 e. The van der Waals surface area contributed by atoms with Crippen LogP contribution < -0.4 is 0 Å². The van der Waals surface area contributed by atoms with Crippen molar-refractivity contribution >= 4 is 33.3 Å². The van der Waals surface area contributed by atoms with Gasteiger partial charge >= 0.3 is 0 Å². The fourth-order valence-corrected chi connectivity index (χ4v) is 2.08. The van der Waals surface area contributed by atoms with Crippen LogP contribution in [0.15, 0.2) is 47.3 Å². The van der Waals surface area contributed by atoms with Crippen LogP contribution in [0.3, 0.4) is 0 Å². The van der Waals surface area contributed by atoms with Gasteiger partial charge in [-0.05, 0) is 6.07 Å². The minimum absolute atomic E-state index is 1.03. The van der Waals surface area contributed by atoms with Gasteiger partial charge in [0.25, 0.3) is 0 Å². The van der Waals surface area contributed by atoms with E-state index in [9.17, 15) is 0 Å². The van der Waals surface area contributed by atoms with E-state index in [1.54, 1.807) is 23.6 Å². The largest absolute Gasteiger partial charge is 0.255 e. The van der Waals surface area contributed by atoms with E-state index in [4.69, 9.17) is 0 Å². The van der Waals surface area contributed by atoms with Crippen LogP contribution in [0.25, 0.3) is 10.1 Å². The van der Waals surface area contributed by atoms with Crippen LogP contribution in [0, 0.1) is 0 Å². The summed E-state index contributed by atoms with van der Waals surface area (Å²) in [6.45, 7) is 3.59. The Morgan fingerprint density at radius 2 is 2.15 bits per heavy atom. The summed E-state index contributed by atoms with van der Waals surface area (Å²) in [4.78, 5) is 4.28. The summed E-state index contributed by atoms with van der Waals surface area (Å²) < 4.78 is 1.28. The molecular formula is C11H9NS. The number of benzene rings is 1. The third-order valence-corrected chi connectivity index (χ3v) is 2.73. The summed E-state index contributed by atoms with van der Waals surface area (Å²) >= 11 is 1.72.